The van der Waals surface area contributed by atoms with Gasteiger partial charge in [0.15, 0.2) is 0 Å². The Morgan fingerprint density at radius 1 is 1.26 bits per heavy atom. The van der Waals surface area contributed by atoms with E-state index in [0.717, 1.165) is 5.56 Å². The topological polar surface area (TPSA) is 75.9 Å². The molecular formula is C13H16FN5. The van der Waals surface area contributed by atoms with Gasteiger partial charge in [-0.25, -0.2) is 15.2 Å². The monoisotopic (exact) mass is 261 g/mol. The average Bonchev–Trinajstić information content (AvgIpc) is 2.42. The minimum absolute atomic E-state index is 0.152. The third-order valence-electron chi connectivity index (χ3n) is 2.75. The van der Waals surface area contributed by atoms with Crippen LogP contribution in [-0.2, 0) is 6.54 Å². The maximum absolute atomic E-state index is 13.5. The second-order valence-electron chi connectivity index (χ2n) is 4.31. The van der Waals surface area contributed by atoms with Crippen LogP contribution in [0.5, 0.6) is 0 Å². The van der Waals surface area contributed by atoms with Crippen LogP contribution in [0, 0.1) is 19.7 Å². The van der Waals surface area contributed by atoms with Crippen LogP contribution in [0.1, 0.15) is 16.7 Å². The summed E-state index contributed by atoms with van der Waals surface area (Å²) in [6.07, 6.45) is 1.60. The summed E-state index contributed by atoms with van der Waals surface area (Å²) in [6.45, 7) is 4.07. The molecule has 19 heavy (non-hydrogen) atoms. The molecular weight excluding hydrogens is 245 g/mol. The highest BCUT2D eigenvalue weighted by atomic mass is 19.1. The van der Waals surface area contributed by atoms with Crippen molar-refractivity contribution in [2.75, 3.05) is 10.7 Å². The molecule has 1 heterocycles. The van der Waals surface area contributed by atoms with E-state index in [1.54, 1.807) is 26.1 Å². The number of halogens is 1. The van der Waals surface area contributed by atoms with Crippen molar-refractivity contribution in [3.63, 3.8) is 0 Å². The molecule has 0 fully saturated rings. The Hall–Kier alpha value is -2.21. The molecule has 0 bridgehead atoms. The molecule has 0 aliphatic rings. The lowest BCUT2D eigenvalue weighted by Crippen LogP contribution is -2.11. The van der Waals surface area contributed by atoms with E-state index >= 15 is 0 Å². The molecule has 4 N–H and O–H groups in total. The van der Waals surface area contributed by atoms with Gasteiger partial charge in [-0.05, 0) is 36.6 Å². The molecule has 0 unspecified atom stereocenters. The SMILES string of the molecule is Cc1cc(CNc2ccnc(NN)n2)cc(C)c1F. The van der Waals surface area contributed by atoms with Gasteiger partial charge in [-0.1, -0.05) is 12.1 Å². The molecule has 0 spiro atoms. The fourth-order valence-electron chi connectivity index (χ4n) is 1.86. The number of nitrogens with two attached hydrogens (primary N) is 1. The summed E-state index contributed by atoms with van der Waals surface area (Å²) in [4.78, 5) is 8.05. The quantitative estimate of drug-likeness (QED) is 0.580. The zero-order valence-electron chi connectivity index (χ0n) is 10.9. The number of aryl methyl sites for hydroxylation is 2. The van der Waals surface area contributed by atoms with E-state index in [1.165, 1.54) is 0 Å². The maximum atomic E-state index is 13.5. The zero-order valence-corrected chi connectivity index (χ0v) is 10.9. The van der Waals surface area contributed by atoms with Crippen LogP contribution < -0.4 is 16.6 Å². The van der Waals surface area contributed by atoms with Gasteiger partial charge in [0, 0.05) is 12.7 Å². The lowest BCUT2D eigenvalue weighted by atomic mass is 10.1. The molecule has 6 heteroatoms. The second-order valence-corrected chi connectivity index (χ2v) is 4.31. The Balaban J connectivity index is 2.10. The summed E-state index contributed by atoms with van der Waals surface area (Å²) in [5.41, 5.74) is 4.66. The number of aromatic nitrogens is 2. The fraction of sp³-hybridized carbons (Fsp3) is 0.231. The smallest absolute Gasteiger partial charge is 0.239 e. The average molecular weight is 261 g/mol. The second kappa shape index (κ2) is 5.62. The van der Waals surface area contributed by atoms with E-state index in [1.807, 2.05) is 12.1 Å². The minimum atomic E-state index is -0.152. The number of hydrogen-bond acceptors (Lipinski definition) is 5. The van der Waals surface area contributed by atoms with Crippen molar-refractivity contribution in [1.82, 2.24) is 9.97 Å². The first-order valence-electron chi connectivity index (χ1n) is 5.89. The van der Waals surface area contributed by atoms with E-state index in [4.69, 9.17) is 5.84 Å². The number of nitrogen functional groups attached to an aromatic ring is 1. The van der Waals surface area contributed by atoms with Crippen LogP contribution in [0.3, 0.4) is 0 Å². The lowest BCUT2D eigenvalue weighted by Gasteiger charge is -2.09. The Morgan fingerprint density at radius 3 is 2.58 bits per heavy atom. The van der Waals surface area contributed by atoms with Crippen molar-refractivity contribution in [2.45, 2.75) is 20.4 Å². The van der Waals surface area contributed by atoms with Crippen LogP contribution in [-0.4, -0.2) is 9.97 Å². The highest BCUT2D eigenvalue weighted by Crippen LogP contribution is 2.16. The molecule has 100 valence electrons. The molecule has 0 amide bonds. The van der Waals surface area contributed by atoms with Crippen molar-refractivity contribution in [2.24, 2.45) is 5.84 Å². The molecule has 1 aromatic carbocycles. The number of anilines is 2. The van der Waals surface area contributed by atoms with Gasteiger partial charge in [-0.3, -0.25) is 5.43 Å². The number of rotatable bonds is 4. The molecule has 2 aromatic rings. The van der Waals surface area contributed by atoms with Gasteiger partial charge in [0.25, 0.3) is 0 Å². The van der Waals surface area contributed by atoms with E-state index in [0.29, 0.717) is 29.4 Å². The highest BCUT2D eigenvalue weighted by molar-refractivity contribution is 5.40. The third-order valence-corrected chi connectivity index (χ3v) is 2.75. The Kier molecular flexibility index (Phi) is 3.91. The van der Waals surface area contributed by atoms with E-state index in [9.17, 15) is 4.39 Å². The normalized spacial score (nSPS) is 10.3. The summed E-state index contributed by atoms with van der Waals surface area (Å²) >= 11 is 0. The van der Waals surface area contributed by atoms with Crippen LogP contribution in [0.2, 0.25) is 0 Å². The van der Waals surface area contributed by atoms with Crippen molar-refractivity contribution < 1.29 is 4.39 Å². The van der Waals surface area contributed by atoms with E-state index in [2.05, 4.69) is 20.7 Å². The largest absolute Gasteiger partial charge is 0.366 e. The first-order valence-corrected chi connectivity index (χ1v) is 5.89. The number of hydrogen-bond donors (Lipinski definition) is 3. The first-order chi connectivity index (χ1) is 9.10. The zero-order chi connectivity index (χ0) is 13.8. The molecule has 5 nitrogen and oxygen atoms in total. The molecule has 2 rings (SSSR count). The summed E-state index contributed by atoms with van der Waals surface area (Å²) in [5, 5.41) is 3.14. The highest BCUT2D eigenvalue weighted by Gasteiger charge is 2.04. The number of hydrazine groups is 1. The first kappa shape index (κ1) is 13.2. The van der Waals surface area contributed by atoms with Gasteiger partial charge >= 0.3 is 0 Å². The Labute approximate surface area is 111 Å². The van der Waals surface area contributed by atoms with Crippen LogP contribution >= 0.6 is 0 Å². The number of nitrogens with one attached hydrogen (secondary N) is 2. The molecule has 0 aliphatic carbocycles. The van der Waals surface area contributed by atoms with Gasteiger partial charge in [0.2, 0.25) is 5.95 Å². The molecule has 0 radical (unpaired) electrons. The lowest BCUT2D eigenvalue weighted by molar-refractivity contribution is 0.608. The molecule has 0 aliphatic heterocycles. The van der Waals surface area contributed by atoms with Crippen molar-refractivity contribution >= 4 is 11.8 Å². The molecule has 0 atom stereocenters. The standard InChI is InChI=1S/C13H16FN5/c1-8-5-10(6-9(2)12(8)14)7-17-11-3-4-16-13(18-11)19-15/h3-6H,7,15H2,1-2H3,(H2,16,17,18,19). The summed E-state index contributed by atoms with van der Waals surface area (Å²) in [6, 6.07) is 5.38. The van der Waals surface area contributed by atoms with Gasteiger partial charge in [0.1, 0.15) is 11.6 Å². The van der Waals surface area contributed by atoms with Crippen molar-refractivity contribution in [3.8, 4) is 0 Å². The maximum Gasteiger partial charge on any atom is 0.239 e. The Bertz CT molecular complexity index is 562. The molecule has 0 saturated carbocycles. The van der Waals surface area contributed by atoms with E-state index < -0.39 is 0 Å². The summed E-state index contributed by atoms with van der Waals surface area (Å²) < 4.78 is 13.5. The predicted octanol–water partition coefficient (Wildman–Crippen LogP) is 2.13. The van der Waals surface area contributed by atoms with Gasteiger partial charge in [-0.2, -0.15) is 4.98 Å². The van der Waals surface area contributed by atoms with Gasteiger partial charge in [0.05, 0.1) is 0 Å². The van der Waals surface area contributed by atoms with Crippen LogP contribution in [0.25, 0.3) is 0 Å². The fourth-order valence-corrected chi connectivity index (χ4v) is 1.86. The minimum Gasteiger partial charge on any atom is -0.366 e. The molecule has 1 aromatic heterocycles. The number of nitrogens with zero attached hydrogens (tertiary/aromatic N) is 2. The predicted molar refractivity (Wildman–Crippen MR) is 73.0 cm³/mol. The van der Waals surface area contributed by atoms with E-state index in [-0.39, 0.29) is 5.82 Å². The third kappa shape index (κ3) is 3.17. The van der Waals surface area contributed by atoms with Crippen LogP contribution in [0.4, 0.5) is 16.2 Å². The number of benzene rings is 1. The van der Waals surface area contributed by atoms with Crippen LogP contribution in [0.15, 0.2) is 24.4 Å². The Morgan fingerprint density at radius 2 is 1.95 bits per heavy atom. The van der Waals surface area contributed by atoms with Gasteiger partial charge < -0.3 is 5.32 Å². The summed E-state index contributed by atoms with van der Waals surface area (Å²) in [5.74, 6) is 6.08. The summed E-state index contributed by atoms with van der Waals surface area (Å²) in [7, 11) is 0. The van der Waals surface area contributed by atoms with Crippen molar-refractivity contribution in [1.29, 1.82) is 0 Å². The molecule has 0 saturated heterocycles. The van der Waals surface area contributed by atoms with Crippen molar-refractivity contribution in [3.05, 3.63) is 46.9 Å². The van der Waals surface area contributed by atoms with Gasteiger partial charge in [-0.15, -0.1) is 0 Å².